The van der Waals surface area contributed by atoms with E-state index in [1.165, 1.54) is 124 Å². The Labute approximate surface area is 664 Å². The van der Waals surface area contributed by atoms with E-state index < -0.39 is 31.7 Å². The Bertz CT molecular complexity index is 4110. The average Bonchev–Trinajstić information content (AvgIpc) is 1.59. The van der Waals surface area contributed by atoms with Crippen molar-refractivity contribution in [2.75, 3.05) is 24.6 Å². The minimum Gasteiger partial charge on any atom is -0.366 e. The van der Waals surface area contributed by atoms with Crippen molar-refractivity contribution in [1.82, 2.24) is 0 Å². The van der Waals surface area contributed by atoms with E-state index in [1.807, 2.05) is 48.5 Å². The summed E-state index contributed by atoms with van der Waals surface area (Å²) in [6.07, 6.45) is 36.8. The van der Waals surface area contributed by atoms with Gasteiger partial charge in [0.2, 0.25) is 0 Å². The van der Waals surface area contributed by atoms with E-state index in [-0.39, 0.29) is 100 Å². The molecule has 12 aromatic rings. The molecule has 0 unspecified atom stereocenters. The summed E-state index contributed by atoms with van der Waals surface area (Å²) in [5.41, 5.74) is 12.8. The molecule has 508 valence electrons. The van der Waals surface area contributed by atoms with Crippen LogP contribution in [0.3, 0.4) is 0 Å². The number of fused-ring (bicyclic) bond motifs is 6. The zero-order valence-electron chi connectivity index (χ0n) is 56.5. The van der Waals surface area contributed by atoms with Gasteiger partial charge >= 0.3 is 89.5 Å². The van der Waals surface area contributed by atoms with E-state index >= 15 is 0 Å². The molecule has 0 spiro atoms. The SMILES string of the molecule is [Au+].[Au+].[Au+].[Au+].[C-]#Cc1ccc2c(c1)C(C)(C)c1cc(C#[C-])ccc1-2.[C-]#Cc1ccc2c(c1)C(C)(C)c1cc(C#[C-])ccc1-2.c1ccc([PH+](CCCC[PH+](c2ccccc2)c2ccccc2)c2ccccc2)cc1.c1ccc([PH+](CC[PH+](c2ccccc2)c2ccccc2)c2ccccc2)cc1. The fourth-order valence-electron chi connectivity index (χ4n) is 13.6. The molecule has 2 aliphatic carbocycles. The molecule has 14 rings (SSSR count). The molecule has 0 bridgehead atoms. The number of rotatable bonds is 16. The van der Waals surface area contributed by atoms with Crippen LogP contribution in [0.2, 0.25) is 0 Å². The molecule has 0 N–H and O–H groups in total. The van der Waals surface area contributed by atoms with Crippen molar-refractivity contribution in [3.8, 4) is 45.9 Å². The number of hydrogen-bond acceptors (Lipinski definition) is 0. The van der Waals surface area contributed by atoms with Crippen LogP contribution in [0.4, 0.5) is 0 Å². The molecule has 8 heteroatoms. The number of unbranched alkanes of at least 4 members (excludes halogenated alkanes) is 1. The molecule has 2 aliphatic rings. The Balaban J connectivity index is 0.000000188. The van der Waals surface area contributed by atoms with Gasteiger partial charge in [0.05, 0.1) is 86.4 Å². The van der Waals surface area contributed by atoms with Gasteiger partial charge < -0.3 is 25.7 Å². The summed E-state index contributed by atoms with van der Waals surface area (Å²) in [6, 6.07) is 113. The van der Waals surface area contributed by atoms with Gasteiger partial charge in [-0.05, 0) is 154 Å². The van der Waals surface area contributed by atoms with E-state index in [9.17, 15) is 0 Å². The van der Waals surface area contributed by atoms with Crippen molar-refractivity contribution in [3.63, 3.8) is 0 Å². The maximum atomic E-state index is 7.28. The Morgan fingerprint density at radius 1 is 0.230 bits per heavy atom. The quantitative estimate of drug-likeness (QED) is 0.0297. The zero-order chi connectivity index (χ0) is 66.7. The molecule has 0 nitrogen and oxygen atoms in total. The van der Waals surface area contributed by atoms with Crippen molar-refractivity contribution in [3.05, 3.63) is 386 Å². The normalized spacial score (nSPS) is 11.8. The van der Waals surface area contributed by atoms with Crippen LogP contribution in [-0.2, 0) is 100 Å². The fourth-order valence-corrected chi connectivity index (χ4v) is 25.2. The van der Waals surface area contributed by atoms with E-state index in [0.717, 1.165) is 22.3 Å². The first-order valence-electron chi connectivity index (χ1n) is 33.2. The predicted molar refractivity (Wildman–Crippen MR) is 424 cm³/mol. The second-order valence-electron chi connectivity index (χ2n) is 25.3. The van der Waals surface area contributed by atoms with E-state index in [4.69, 9.17) is 25.7 Å². The molecule has 0 heterocycles. The van der Waals surface area contributed by atoms with Crippen LogP contribution in [0.5, 0.6) is 0 Å². The average molecular weight is 2100 g/mol. The van der Waals surface area contributed by atoms with Crippen LogP contribution in [0.1, 0.15) is 85.0 Å². The molecular weight excluding hydrogens is 2020 g/mol. The summed E-state index contributed by atoms with van der Waals surface area (Å²) in [7, 11) is -3.00. The van der Waals surface area contributed by atoms with Crippen LogP contribution in [0, 0.1) is 49.4 Å². The minimum atomic E-state index is -0.783. The first kappa shape index (κ1) is 80.9. The monoisotopic (exact) mass is 2100 g/mol. The molecule has 100 heavy (non-hydrogen) atoms. The van der Waals surface area contributed by atoms with Gasteiger partial charge in [-0.25, -0.2) is 0 Å². The van der Waals surface area contributed by atoms with Gasteiger partial charge in [0.25, 0.3) is 0 Å². The molecule has 0 fully saturated rings. The van der Waals surface area contributed by atoms with E-state index in [2.05, 4.69) is 318 Å². The Morgan fingerprint density at radius 2 is 0.390 bits per heavy atom. The van der Waals surface area contributed by atoms with Crippen molar-refractivity contribution >= 4 is 74.1 Å². The summed E-state index contributed by atoms with van der Waals surface area (Å²) in [6.45, 7) is 8.72. The van der Waals surface area contributed by atoms with Crippen molar-refractivity contribution in [1.29, 1.82) is 0 Å². The third-order valence-corrected chi connectivity index (χ3v) is 30.6. The van der Waals surface area contributed by atoms with Crippen LogP contribution >= 0.6 is 31.7 Å². The smallest absolute Gasteiger partial charge is 0.366 e. The molecule has 0 atom stereocenters. The first-order chi connectivity index (χ1) is 47.0. The summed E-state index contributed by atoms with van der Waals surface area (Å²) in [5.74, 6) is 9.81. The molecule has 0 saturated carbocycles. The second kappa shape index (κ2) is 39.8. The summed E-state index contributed by atoms with van der Waals surface area (Å²) in [4.78, 5) is 0. The van der Waals surface area contributed by atoms with E-state index in [1.54, 1.807) is 0 Å². The molecule has 0 saturated heterocycles. The summed E-state index contributed by atoms with van der Waals surface area (Å²) < 4.78 is 0. The molecular formula is C92H80Au4P4+4. The van der Waals surface area contributed by atoms with Gasteiger partial charge in [-0.2, -0.15) is 0 Å². The van der Waals surface area contributed by atoms with Gasteiger partial charge in [-0.3, -0.25) is 23.7 Å². The molecule has 0 radical (unpaired) electrons. The van der Waals surface area contributed by atoms with Crippen LogP contribution in [0.25, 0.3) is 22.3 Å². The third-order valence-electron chi connectivity index (χ3n) is 18.6. The van der Waals surface area contributed by atoms with E-state index in [0.29, 0.717) is 0 Å². The van der Waals surface area contributed by atoms with Crippen LogP contribution < -0.4 is 42.4 Å². The van der Waals surface area contributed by atoms with Crippen molar-refractivity contribution in [2.24, 2.45) is 0 Å². The zero-order valence-corrected chi connectivity index (χ0v) is 69.1. The third kappa shape index (κ3) is 20.0. The van der Waals surface area contributed by atoms with Crippen LogP contribution in [-0.4, -0.2) is 24.6 Å². The number of benzene rings is 12. The van der Waals surface area contributed by atoms with Gasteiger partial charge in [0, 0.05) is 10.8 Å². The predicted octanol–water partition coefficient (Wildman–Crippen LogP) is 17.9. The second-order valence-corrected chi connectivity index (χ2v) is 35.8. The summed E-state index contributed by atoms with van der Waals surface area (Å²) >= 11 is 0. The fraction of sp³-hybridized carbons (Fsp3) is 0.130. The largest absolute Gasteiger partial charge is 1.00 e. The van der Waals surface area contributed by atoms with Gasteiger partial charge in [0.1, 0.15) is 12.3 Å². The summed E-state index contributed by atoms with van der Waals surface area (Å²) in [5, 5.41) is 12.2. The first-order valence-corrected chi connectivity index (χ1v) is 40.0. The molecule has 0 aliphatic heterocycles. The standard InChI is InChI=1S/C28H28P2.C26H24P2.2C19H12.4Au/c1-5-15-25(16-6-1)29(26-17-7-2-8-18-26)23-13-14-24-30(27-19-9-3-10-20-27)28-21-11-4-12-22-28;1-5-13-23(14-6-1)27(24-15-7-2-8-16-24)21-22-28(25-17-9-3-10-18-25)26-19-11-4-12-20-26;2*1-5-13-7-9-15-16-10-8-14(6-2)12-18(16)19(3,4)17(15)11-13;;;;/h1-12,15-22H,13-14,23-24H2;1-20H,21-22H2;2*7-12H,3-4H3;;;;/q;;2*-2;4*+1/p+4. The maximum Gasteiger partial charge on any atom is 1.00 e. The van der Waals surface area contributed by atoms with Crippen molar-refractivity contribution < 1.29 is 89.5 Å². The Kier molecular flexibility index (Phi) is 32.2. The van der Waals surface area contributed by atoms with Crippen LogP contribution in [0.15, 0.2) is 315 Å². The topological polar surface area (TPSA) is 0 Å². The Morgan fingerprint density at radius 3 is 0.550 bits per heavy atom. The maximum absolute atomic E-state index is 7.28. The molecule has 12 aromatic carbocycles. The Hall–Kier alpha value is -6.44. The van der Waals surface area contributed by atoms with Gasteiger partial charge in [0.15, 0.2) is 0 Å². The van der Waals surface area contributed by atoms with Gasteiger partial charge in [-0.1, -0.05) is 198 Å². The number of hydrogen-bond donors (Lipinski definition) is 0. The molecule has 0 amide bonds. The van der Waals surface area contributed by atoms with Gasteiger partial charge in [-0.15, -0.1) is 70.8 Å². The van der Waals surface area contributed by atoms with Crippen molar-refractivity contribution in [2.45, 2.75) is 51.4 Å². The molecule has 0 aromatic heterocycles. The minimum absolute atomic E-state index is 0.